The van der Waals surface area contributed by atoms with Crippen molar-refractivity contribution in [2.45, 2.75) is 6.42 Å². The van der Waals surface area contributed by atoms with Crippen molar-refractivity contribution in [1.82, 2.24) is 10.6 Å². The fraction of sp³-hybridized carbons (Fsp3) is 0.800. The van der Waals surface area contributed by atoms with Gasteiger partial charge in [-0.3, -0.25) is 0 Å². The van der Waals surface area contributed by atoms with Crippen LogP contribution >= 0.6 is 0 Å². The van der Waals surface area contributed by atoms with Crippen LogP contribution in [0.5, 0.6) is 0 Å². The van der Waals surface area contributed by atoms with Crippen molar-refractivity contribution in [1.29, 1.82) is 0 Å². The Labute approximate surface area is 74.4 Å². The topological polar surface area (TPSA) is 24.1 Å². The van der Waals surface area contributed by atoms with E-state index in [0.717, 1.165) is 24.3 Å². The van der Waals surface area contributed by atoms with Gasteiger partial charge in [0.15, 0.2) is 0 Å². The lowest BCUT2D eigenvalue weighted by atomic mass is 9.78. The van der Waals surface area contributed by atoms with E-state index in [1.807, 2.05) is 7.05 Å². The molecule has 3 unspecified atom stereocenters. The Morgan fingerprint density at radius 3 is 3.25 bits per heavy atom. The first kappa shape index (κ1) is 8.27. The molecule has 0 radical (unpaired) electrons. The second kappa shape index (κ2) is 3.58. The molecule has 0 bridgehead atoms. The van der Waals surface area contributed by atoms with Gasteiger partial charge in [0, 0.05) is 6.54 Å². The summed E-state index contributed by atoms with van der Waals surface area (Å²) in [7, 11) is 2.04. The summed E-state index contributed by atoms with van der Waals surface area (Å²) in [5.41, 5.74) is 0. The van der Waals surface area contributed by atoms with Crippen molar-refractivity contribution in [3.8, 4) is 0 Å². The molecule has 3 atom stereocenters. The highest BCUT2D eigenvalue weighted by Gasteiger charge is 2.33. The number of allylic oxidation sites excluding steroid dienone is 1. The number of fused-ring (bicyclic) bond motifs is 1. The van der Waals surface area contributed by atoms with E-state index in [1.54, 1.807) is 0 Å². The largest absolute Gasteiger partial charge is 0.319 e. The van der Waals surface area contributed by atoms with Crippen LogP contribution < -0.4 is 10.6 Å². The minimum absolute atomic E-state index is 0.767. The molecule has 0 aromatic heterocycles. The molecule has 2 nitrogen and oxygen atoms in total. The number of hydrogen-bond donors (Lipinski definition) is 2. The monoisotopic (exact) mass is 166 g/mol. The van der Waals surface area contributed by atoms with Crippen LogP contribution in [0.25, 0.3) is 0 Å². The van der Waals surface area contributed by atoms with Crippen LogP contribution in [0, 0.1) is 17.8 Å². The van der Waals surface area contributed by atoms with Crippen molar-refractivity contribution >= 4 is 0 Å². The van der Waals surface area contributed by atoms with E-state index >= 15 is 0 Å². The summed E-state index contributed by atoms with van der Waals surface area (Å²) in [5.74, 6) is 2.57. The molecule has 2 aliphatic rings. The molecule has 1 aliphatic heterocycles. The van der Waals surface area contributed by atoms with Crippen LogP contribution in [0.4, 0.5) is 0 Å². The van der Waals surface area contributed by atoms with E-state index in [2.05, 4.69) is 22.8 Å². The van der Waals surface area contributed by atoms with Gasteiger partial charge in [-0.2, -0.15) is 0 Å². The van der Waals surface area contributed by atoms with Crippen LogP contribution in [0.15, 0.2) is 12.2 Å². The van der Waals surface area contributed by atoms with Crippen molar-refractivity contribution in [3.05, 3.63) is 12.2 Å². The average Bonchev–Trinajstić information content (AvgIpc) is 2.53. The van der Waals surface area contributed by atoms with E-state index in [1.165, 1.54) is 19.5 Å². The van der Waals surface area contributed by atoms with Gasteiger partial charge in [0.2, 0.25) is 0 Å². The predicted molar refractivity (Wildman–Crippen MR) is 51.0 cm³/mol. The normalized spacial score (nSPS) is 39.9. The Balaban J connectivity index is 2.02. The molecule has 1 heterocycles. The van der Waals surface area contributed by atoms with Crippen LogP contribution in [-0.4, -0.2) is 26.7 Å². The number of rotatable bonds is 2. The molecule has 12 heavy (non-hydrogen) atoms. The van der Waals surface area contributed by atoms with Gasteiger partial charge in [0.1, 0.15) is 0 Å². The molecule has 1 saturated heterocycles. The van der Waals surface area contributed by atoms with Gasteiger partial charge in [-0.25, -0.2) is 0 Å². The molecule has 0 aromatic rings. The van der Waals surface area contributed by atoms with Gasteiger partial charge in [-0.15, -0.1) is 0 Å². The highest BCUT2D eigenvalue weighted by molar-refractivity contribution is 5.04. The minimum atomic E-state index is 0.767. The summed E-state index contributed by atoms with van der Waals surface area (Å²) in [5, 5.41) is 6.76. The van der Waals surface area contributed by atoms with Gasteiger partial charge in [0.05, 0.1) is 0 Å². The molecule has 2 N–H and O–H groups in total. The van der Waals surface area contributed by atoms with Crippen LogP contribution in [0.1, 0.15) is 6.42 Å². The van der Waals surface area contributed by atoms with E-state index in [9.17, 15) is 0 Å². The zero-order chi connectivity index (χ0) is 8.39. The Morgan fingerprint density at radius 2 is 2.42 bits per heavy atom. The quantitative estimate of drug-likeness (QED) is 0.588. The Bertz CT molecular complexity index is 177. The molecular formula is C10H18N2. The zero-order valence-corrected chi connectivity index (χ0v) is 7.72. The molecule has 0 saturated carbocycles. The van der Waals surface area contributed by atoms with Gasteiger partial charge in [-0.05, 0) is 44.3 Å². The van der Waals surface area contributed by atoms with Crippen molar-refractivity contribution in [2.24, 2.45) is 17.8 Å². The third-order valence-electron chi connectivity index (χ3n) is 3.20. The lowest BCUT2D eigenvalue weighted by molar-refractivity contribution is 0.308. The summed E-state index contributed by atoms with van der Waals surface area (Å²) < 4.78 is 0. The fourth-order valence-electron chi connectivity index (χ4n) is 2.54. The highest BCUT2D eigenvalue weighted by Crippen LogP contribution is 2.32. The van der Waals surface area contributed by atoms with E-state index in [-0.39, 0.29) is 0 Å². The van der Waals surface area contributed by atoms with Crippen molar-refractivity contribution in [2.75, 3.05) is 26.7 Å². The van der Waals surface area contributed by atoms with Crippen molar-refractivity contribution < 1.29 is 0 Å². The number of hydrogen-bond acceptors (Lipinski definition) is 2. The smallest absolute Gasteiger partial charge is 0.00144 e. The average molecular weight is 166 g/mol. The molecule has 0 amide bonds. The summed E-state index contributed by atoms with van der Waals surface area (Å²) in [4.78, 5) is 0. The molecule has 1 fully saturated rings. The predicted octanol–water partition coefficient (Wildman–Crippen LogP) is 0.617. The maximum absolute atomic E-state index is 3.48. The SMILES string of the molecule is CNCC1C=CCC2CNCC12. The first-order chi connectivity index (χ1) is 5.92. The molecule has 2 rings (SSSR count). The summed E-state index contributed by atoms with van der Waals surface area (Å²) in [6.45, 7) is 3.59. The Kier molecular flexibility index (Phi) is 2.47. The van der Waals surface area contributed by atoms with Crippen LogP contribution in [0.3, 0.4) is 0 Å². The molecule has 1 aliphatic carbocycles. The van der Waals surface area contributed by atoms with Gasteiger partial charge in [-0.1, -0.05) is 12.2 Å². The van der Waals surface area contributed by atoms with E-state index < -0.39 is 0 Å². The maximum Gasteiger partial charge on any atom is 0.00144 e. The zero-order valence-electron chi connectivity index (χ0n) is 7.72. The molecule has 0 aromatic carbocycles. The Hall–Kier alpha value is -0.340. The van der Waals surface area contributed by atoms with E-state index in [4.69, 9.17) is 0 Å². The lowest BCUT2D eigenvalue weighted by Crippen LogP contribution is -2.31. The van der Waals surface area contributed by atoms with Crippen LogP contribution in [0.2, 0.25) is 0 Å². The standard InChI is InChI=1S/C10H18N2/c1-11-5-8-3-2-4-9-6-12-7-10(8)9/h2-3,8-12H,4-7H2,1H3. The number of nitrogens with one attached hydrogen (secondary N) is 2. The van der Waals surface area contributed by atoms with Crippen LogP contribution in [-0.2, 0) is 0 Å². The summed E-state index contributed by atoms with van der Waals surface area (Å²) in [6.07, 6.45) is 6.04. The molecule has 0 spiro atoms. The van der Waals surface area contributed by atoms with Gasteiger partial charge in [0.25, 0.3) is 0 Å². The van der Waals surface area contributed by atoms with Gasteiger partial charge < -0.3 is 10.6 Å². The summed E-state index contributed by atoms with van der Waals surface area (Å²) in [6, 6.07) is 0. The second-order valence-corrected chi connectivity index (χ2v) is 3.97. The lowest BCUT2D eigenvalue weighted by Gasteiger charge is -2.28. The molecule has 68 valence electrons. The minimum Gasteiger partial charge on any atom is -0.319 e. The molecule has 2 heteroatoms. The first-order valence-electron chi connectivity index (χ1n) is 4.94. The van der Waals surface area contributed by atoms with E-state index in [0.29, 0.717) is 0 Å². The Morgan fingerprint density at radius 1 is 1.50 bits per heavy atom. The van der Waals surface area contributed by atoms with Crippen molar-refractivity contribution in [3.63, 3.8) is 0 Å². The first-order valence-corrected chi connectivity index (χ1v) is 4.94. The third kappa shape index (κ3) is 1.41. The fourth-order valence-corrected chi connectivity index (χ4v) is 2.54. The molecular weight excluding hydrogens is 148 g/mol. The third-order valence-corrected chi connectivity index (χ3v) is 3.20. The second-order valence-electron chi connectivity index (χ2n) is 3.97. The highest BCUT2D eigenvalue weighted by atomic mass is 14.9. The summed E-state index contributed by atoms with van der Waals surface area (Å²) >= 11 is 0. The van der Waals surface area contributed by atoms with Gasteiger partial charge >= 0.3 is 0 Å². The maximum atomic E-state index is 3.48.